The molecule has 0 aliphatic carbocycles. The SMILES string of the molecule is Fc1ccc(C=CN2CCNCC2)c(F)c1. The summed E-state index contributed by atoms with van der Waals surface area (Å²) in [6, 6.07) is 3.61. The molecule has 1 aliphatic heterocycles. The van der Waals surface area contributed by atoms with E-state index in [1.54, 1.807) is 6.08 Å². The van der Waals surface area contributed by atoms with Crippen LogP contribution in [0, 0.1) is 11.6 Å². The number of rotatable bonds is 2. The summed E-state index contributed by atoms with van der Waals surface area (Å²) in [5, 5.41) is 3.23. The third kappa shape index (κ3) is 2.79. The summed E-state index contributed by atoms with van der Waals surface area (Å²) in [6.07, 6.45) is 3.54. The van der Waals surface area contributed by atoms with Gasteiger partial charge in [0.05, 0.1) is 0 Å². The molecular weight excluding hydrogens is 210 g/mol. The second kappa shape index (κ2) is 5.07. The van der Waals surface area contributed by atoms with Gasteiger partial charge in [-0.25, -0.2) is 8.78 Å². The average Bonchev–Trinajstić information content (AvgIpc) is 2.29. The molecule has 1 aromatic carbocycles. The molecule has 0 amide bonds. The van der Waals surface area contributed by atoms with Crippen LogP contribution < -0.4 is 5.32 Å². The molecule has 16 heavy (non-hydrogen) atoms. The van der Waals surface area contributed by atoms with Crippen molar-refractivity contribution in [3.05, 3.63) is 41.6 Å². The molecule has 0 saturated carbocycles. The highest BCUT2D eigenvalue weighted by molar-refractivity contribution is 5.49. The predicted octanol–water partition coefficient (Wildman–Crippen LogP) is 1.84. The Morgan fingerprint density at radius 2 is 1.94 bits per heavy atom. The van der Waals surface area contributed by atoms with Gasteiger partial charge in [0.1, 0.15) is 11.6 Å². The van der Waals surface area contributed by atoms with Crippen molar-refractivity contribution in [2.24, 2.45) is 0 Å². The minimum absolute atomic E-state index is 0.417. The molecule has 4 heteroatoms. The molecule has 2 nitrogen and oxygen atoms in total. The van der Waals surface area contributed by atoms with Gasteiger partial charge >= 0.3 is 0 Å². The van der Waals surface area contributed by atoms with Crippen molar-refractivity contribution in [3.63, 3.8) is 0 Å². The summed E-state index contributed by atoms with van der Waals surface area (Å²) >= 11 is 0. The molecule has 0 spiro atoms. The van der Waals surface area contributed by atoms with Crippen LogP contribution >= 0.6 is 0 Å². The largest absolute Gasteiger partial charge is 0.375 e. The van der Waals surface area contributed by atoms with Gasteiger partial charge in [-0.05, 0) is 24.4 Å². The van der Waals surface area contributed by atoms with E-state index >= 15 is 0 Å². The summed E-state index contributed by atoms with van der Waals surface area (Å²) in [5.41, 5.74) is 0.417. The van der Waals surface area contributed by atoms with E-state index in [2.05, 4.69) is 10.2 Å². The van der Waals surface area contributed by atoms with E-state index in [9.17, 15) is 8.78 Å². The van der Waals surface area contributed by atoms with Gasteiger partial charge in [-0.2, -0.15) is 0 Å². The molecule has 1 aliphatic rings. The Bertz CT molecular complexity index is 385. The Kier molecular flexibility index (Phi) is 3.51. The zero-order valence-electron chi connectivity index (χ0n) is 8.92. The Labute approximate surface area is 93.6 Å². The first-order valence-electron chi connectivity index (χ1n) is 5.34. The van der Waals surface area contributed by atoms with Gasteiger partial charge in [0.25, 0.3) is 0 Å². The van der Waals surface area contributed by atoms with Crippen LogP contribution in [0.15, 0.2) is 24.4 Å². The lowest BCUT2D eigenvalue weighted by molar-refractivity contribution is 0.326. The number of nitrogens with zero attached hydrogens (tertiary/aromatic N) is 1. The van der Waals surface area contributed by atoms with E-state index in [0.717, 1.165) is 32.2 Å². The Morgan fingerprint density at radius 1 is 1.19 bits per heavy atom. The van der Waals surface area contributed by atoms with Crippen LogP contribution in [0.25, 0.3) is 6.08 Å². The molecule has 1 heterocycles. The average molecular weight is 224 g/mol. The molecule has 0 unspecified atom stereocenters. The zero-order valence-corrected chi connectivity index (χ0v) is 8.92. The second-order valence-electron chi connectivity index (χ2n) is 3.77. The van der Waals surface area contributed by atoms with Crippen molar-refractivity contribution < 1.29 is 8.78 Å². The minimum atomic E-state index is -0.545. The van der Waals surface area contributed by atoms with Crippen LogP contribution in [0.3, 0.4) is 0 Å². The van der Waals surface area contributed by atoms with Gasteiger partial charge in [0.15, 0.2) is 0 Å². The lowest BCUT2D eigenvalue weighted by atomic mass is 10.2. The normalized spacial score (nSPS) is 17.0. The van der Waals surface area contributed by atoms with Crippen LogP contribution in [0.5, 0.6) is 0 Å². The number of hydrogen-bond acceptors (Lipinski definition) is 2. The third-order valence-corrected chi connectivity index (χ3v) is 2.58. The molecule has 0 radical (unpaired) electrons. The van der Waals surface area contributed by atoms with E-state index in [4.69, 9.17) is 0 Å². The second-order valence-corrected chi connectivity index (χ2v) is 3.77. The quantitative estimate of drug-likeness (QED) is 0.824. The maximum absolute atomic E-state index is 13.3. The maximum atomic E-state index is 13.3. The number of halogens is 2. The molecule has 1 saturated heterocycles. The summed E-state index contributed by atoms with van der Waals surface area (Å²) in [6.45, 7) is 3.71. The van der Waals surface area contributed by atoms with Crippen molar-refractivity contribution >= 4 is 6.08 Å². The topological polar surface area (TPSA) is 15.3 Å². The van der Waals surface area contributed by atoms with Crippen molar-refractivity contribution in [3.8, 4) is 0 Å². The number of piperazine rings is 1. The lowest BCUT2D eigenvalue weighted by Gasteiger charge is -2.25. The van der Waals surface area contributed by atoms with Crippen molar-refractivity contribution in [1.82, 2.24) is 10.2 Å². The molecule has 1 aromatic rings. The molecule has 1 fully saturated rings. The van der Waals surface area contributed by atoms with E-state index < -0.39 is 11.6 Å². The fraction of sp³-hybridized carbons (Fsp3) is 0.333. The van der Waals surface area contributed by atoms with Gasteiger partial charge in [0.2, 0.25) is 0 Å². The highest BCUT2D eigenvalue weighted by Crippen LogP contribution is 2.11. The van der Waals surface area contributed by atoms with Crippen LogP contribution in [-0.2, 0) is 0 Å². The van der Waals surface area contributed by atoms with Gasteiger partial charge < -0.3 is 10.2 Å². The third-order valence-electron chi connectivity index (χ3n) is 2.58. The fourth-order valence-electron chi connectivity index (χ4n) is 1.65. The summed E-state index contributed by atoms with van der Waals surface area (Å²) in [5.74, 6) is -1.07. The van der Waals surface area contributed by atoms with Crippen molar-refractivity contribution in [1.29, 1.82) is 0 Å². The van der Waals surface area contributed by atoms with E-state index in [-0.39, 0.29) is 0 Å². The monoisotopic (exact) mass is 224 g/mol. The first-order valence-corrected chi connectivity index (χ1v) is 5.34. The first-order chi connectivity index (χ1) is 7.75. The fourth-order valence-corrected chi connectivity index (χ4v) is 1.65. The van der Waals surface area contributed by atoms with Crippen LogP contribution in [0.2, 0.25) is 0 Å². The minimum Gasteiger partial charge on any atom is -0.375 e. The van der Waals surface area contributed by atoms with Crippen LogP contribution in [0.4, 0.5) is 8.78 Å². The number of hydrogen-bond donors (Lipinski definition) is 1. The van der Waals surface area contributed by atoms with Gasteiger partial charge in [0, 0.05) is 37.8 Å². The van der Waals surface area contributed by atoms with Crippen LogP contribution in [-0.4, -0.2) is 31.1 Å². The molecule has 86 valence electrons. The molecular formula is C12H14F2N2. The molecule has 2 rings (SSSR count). The van der Waals surface area contributed by atoms with Gasteiger partial charge in [-0.15, -0.1) is 0 Å². The van der Waals surface area contributed by atoms with Crippen LogP contribution in [0.1, 0.15) is 5.56 Å². The molecule has 1 N–H and O–H groups in total. The van der Waals surface area contributed by atoms with E-state index in [1.165, 1.54) is 12.1 Å². The predicted molar refractivity (Wildman–Crippen MR) is 59.8 cm³/mol. The number of nitrogens with one attached hydrogen (secondary N) is 1. The molecule has 0 atom stereocenters. The van der Waals surface area contributed by atoms with Crippen molar-refractivity contribution in [2.75, 3.05) is 26.2 Å². The standard InChI is InChI=1S/C12H14F2N2/c13-11-2-1-10(12(14)9-11)3-6-16-7-4-15-5-8-16/h1-3,6,9,15H,4-5,7-8H2. The van der Waals surface area contributed by atoms with E-state index in [1.807, 2.05) is 6.20 Å². The number of benzene rings is 1. The lowest BCUT2D eigenvalue weighted by Crippen LogP contribution is -2.40. The van der Waals surface area contributed by atoms with Gasteiger partial charge in [-0.1, -0.05) is 0 Å². The molecule has 0 bridgehead atoms. The molecule has 0 aromatic heterocycles. The smallest absolute Gasteiger partial charge is 0.133 e. The van der Waals surface area contributed by atoms with E-state index in [0.29, 0.717) is 5.56 Å². The maximum Gasteiger partial charge on any atom is 0.133 e. The Balaban J connectivity index is 2.04. The first kappa shape index (κ1) is 11.1. The summed E-state index contributed by atoms with van der Waals surface area (Å²) in [4.78, 5) is 2.11. The highest BCUT2D eigenvalue weighted by Gasteiger charge is 2.05. The zero-order chi connectivity index (χ0) is 11.4. The van der Waals surface area contributed by atoms with Gasteiger partial charge in [-0.3, -0.25) is 0 Å². The Morgan fingerprint density at radius 3 is 2.62 bits per heavy atom. The summed E-state index contributed by atoms with van der Waals surface area (Å²) in [7, 11) is 0. The summed E-state index contributed by atoms with van der Waals surface area (Å²) < 4.78 is 25.9. The highest BCUT2D eigenvalue weighted by atomic mass is 19.1. The van der Waals surface area contributed by atoms with Crippen molar-refractivity contribution in [2.45, 2.75) is 0 Å². The Hall–Kier alpha value is -1.42.